The molecule has 12 aromatic rings. The molecule has 1 aliphatic rings. The van der Waals surface area contributed by atoms with Crippen molar-refractivity contribution in [1.29, 1.82) is 0 Å². The lowest BCUT2D eigenvalue weighted by Gasteiger charge is -1.70. The molecule has 0 saturated carbocycles. The summed E-state index contributed by atoms with van der Waals surface area (Å²) in [6.07, 6.45) is 37.6. The molecule has 0 aliphatic carbocycles. The van der Waals surface area contributed by atoms with Gasteiger partial charge in [-0.2, -0.15) is 11.3 Å². The molecule has 0 radical (unpaired) electrons. The van der Waals surface area contributed by atoms with Crippen LogP contribution in [0.5, 0.6) is 0 Å². The van der Waals surface area contributed by atoms with Gasteiger partial charge in [-0.05, 0) is 65.4 Å². The Morgan fingerprint density at radius 1 is 0.382 bits per heavy atom. The number of hydrogen-bond donors (Lipinski definition) is 1. The molecule has 0 aromatic carbocycles. The molecule has 1 N–H and O–H groups in total. The lowest BCUT2D eigenvalue weighted by molar-refractivity contribution is 0.416. The van der Waals surface area contributed by atoms with Crippen LogP contribution >= 0.6 is 45.3 Å². The van der Waals surface area contributed by atoms with Gasteiger partial charge >= 0.3 is 0 Å². The summed E-state index contributed by atoms with van der Waals surface area (Å²) >= 11 is 6.41. The Balaban J connectivity index is 0.000000369. The molecule has 13 rings (SSSR count). The highest BCUT2D eigenvalue weighted by Gasteiger charge is 1.72. The molecule has 350 valence electrons. The molecule has 20 nitrogen and oxygen atoms in total. The number of aromatic nitrogens is 15. The Bertz CT molecular complexity index is 1730. The zero-order chi connectivity index (χ0) is 48.1. The van der Waals surface area contributed by atoms with Crippen LogP contribution < -0.4 is 0 Å². The van der Waals surface area contributed by atoms with E-state index in [0.717, 1.165) is 6.54 Å². The van der Waals surface area contributed by atoms with Gasteiger partial charge in [0.1, 0.15) is 11.0 Å². The van der Waals surface area contributed by atoms with Gasteiger partial charge in [-0.3, -0.25) is 34.9 Å². The highest BCUT2D eigenvalue weighted by molar-refractivity contribution is 7.08. The van der Waals surface area contributed by atoms with E-state index >= 15 is 0 Å². The third-order valence-electron chi connectivity index (χ3n) is 5.32. The molecule has 1 aliphatic heterocycles. The number of rotatable bonds is 0. The van der Waals surface area contributed by atoms with Crippen molar-refractivity contribution >= 4 is 51.6 Å². The zero-order valence-electron chi connectivity index (χ0n) is 36.0. The minimum Gasteiger partial charge on any atom is -0.473 e. The molecule has 24 heteroatoms. The molecule has 68 heavy (non-hydrogen) atoms. The van der Waals surface area contributed by atoms with Gasteiger partial charge in [0, 0.05) is 91.3 Å². The van der Waals surface area contributed by atoms with Gasteiger partial charge in [-0.25, -0.2) is 9.97 Å². The van der Waals surface area contributed by atoms with Gasteiger partial charge in [-0.1, -0.05) is 40.7 Å². The maximum absolute atomic E-state index is 4.58. The third-order valence-corrected chi connectivity index (χ3v) is 7.43. The summed E-state index contributed by atoms with van der Waals surface area (Å²) in [6, 6.07) is 23.0. The first-order valence-corrected chi connectivity index (χ1v) is 22.7. The number of pyridine rings is 2. The van der Waals surface area contributed by atoms with Gasteiger partial charge in [0.2, 0.25) is 25.6 Å². The number of nitrogens with zero attached hydrogens (tertiary/aromatic N) is 15. The van der Waals surface area contributed by atoms with Crippen molar-refractivity contribution < 1.29 is 17.9 Å². The van der Waals surface area contributed by atoms with Crippen LogP contribution in [0.1, 0.15) is 0 Å². The maximum Gasteiger partial charge on any atom is 0.213 e. The molecule has 0 bridgehead atoms. The van der Waals surface area contributed by atoms with E-state index in [-0.39, 0.29) is 0 Å². The number of nitrogens with one attached hydrogen (secondary N) is 1. The van der Waals surface area contributed by atoms with Gasteiger partial charge in [0.25, 0.3) is 0 Å². The van der Waals surface area contributed by atoms with Crippen LogP contribution in [-0.2, 0) is 0 Å². The molecule has 0 saturated heterocycles. The van der Waals surface area contributed by atoms with E-state index in [2.05, 4.69) is 98.4 Å². The summed E-state index contributed by atoms with van der Waals surface area (Å²) in [7, 11) is 0. The van der Waals surface area contributed by atoms with Crippen LogP contribution in [0.15, 0.2) is 277 Å². The van der Waals surface area contributed by atoms with Gasteiger partial charge in [-0.15, -0.1) is 54.4 Å². The SMILES string of the molecule is C1=CCN=C1.c1cc[nH]c1.c1ccncc1.c1ccncc1.c1ccoc1.c1ccsc1.c1cnccn1.c1cscn1.c1cscn1.c1ncon1.c1ncon1.c1nnco1.c1nncs1. The van der Waals surface area contributed by atoms with Crippen LogP contribution in [0, 0.1) is 0 Å². The van der Waals surface area contributed by atoms with Gasteiger partial charge in [0.05, 0.1) is 30.1 Å². The number of thiophene rings is 1. The van der Waals surface area contributed by atoms with Crippen molar-refractivity contribution in [3.63, 3.8) is 0 Å². The molecular weight excluding hydrogens is 945 g/mol. The predicted molar refractivity (Wildman–Crippen MR) is 264 cm³/mol. The second-order valence-corrected chi connectivity index (χ2v) is 13.0. The largest absolute Gasteiger partial charge is 0.473 e. The number of furan rings is 1. The first-order valence-electron chi connectivity index (χ1n) is 19.0. The number of hydrogen-bond acceptors (Lipinski definition) is 23. The van der Waals surface area contributed by atoms with Crippen molar-refractivity contribution in [2.75, 3.05) is 6.54 Å². The molecule has 0 atom stereocenters. The fraction of sp³-hybridized carbons (Fsp3) is 0.0227. The summed E-state index contributed by atoms with van der Waals surface area (Å²) in [5.74, 6) is 0. The average molecular weight is 991 g/mol. The standard InChI is InChI=1S/2C5H5N.C4H4N2.2C4H5N.C4H4O.C4H4S.2C3H3NS.3C2H2N2O.C2H2N2S/c2*1-2-4-6-5-3-1;1-2-6-4-3-5-1;4*1-2-4-5-3-1;2*1-2-5-3-4-1;1-3-4-2-5-1;2*1-3-2-5-4-1;1-3-4-2-5-1/h2*1-5H;1-4H;1-3H,4H2;1-5H;2*1-4H;2*1-3H;4*1-2H. The first-order chi connectivity index (χ1) is 34.0. The number of aromatic amines is 1. The lowest BCUT2D eigenvalue weighted by Crippen LogP contribution is -1.66. The highest BCUT2D eigenvalue weighted by atomic mass is 32.1. The van der Waals surface area contributed by atoms with Crippen LogP contribution in [0.3, 0.4) is 0 Å². The molecular formula is C44H46N16O4S4. The van der Waals surface area contributed by atoms with Crippen LogP contribution in [0.25, 0.3) is 0 Å². The molecule has 0 amide bonds. The Hall–Kier alpha value is -8.71. The number of thiazole rings is 2. The van der Waals surface area contributed by atoms with Crippen molar-refractivity contribution in [3.8, 4) is 0 Å². The first kappa shape index (κ1) is 57.3. The van der Waals surface area contributed by atoms with E-state index < -0.39 is 0 Å². The predicted octanol–water partition coefficient (Wildman–Crippen LogP) is 10.3. The smallest absolute Gasteiger partial charge is 0.213 e. The van der Waals surface area contributed by atoms with Crippen molar-refractivity contribution in [2.24, 2.45) is 4.99 Å². The number of allylic oxidation sites excluding steroid dienone is 1. The minimum absolute atomic E-state index is 0.889. The third kappa shape index (κ3) is 51.6. The van der Waals surface area contributed by atoms with E-state index in [1.807, 2.05) is 119 Å². The maximum atomic E-state index is 4.58. The van der Waals surface area contributed by atoms with Crippen LogP contribution in [-0.4, -0.2) is 88.3 Å². The van der Waals surface area contributed by atoms with Crippen molar-refractivity contribution in [2.45, 2.75) is 0 Å². The fourth-order valence-electron chi connectivity index (χ4n) is 2.81. The summed E-state index contributed by atoms with van der Waals surface area (Å²) in [4.78, 5) is 36.1. The summed E-state index contributed by atoms with van der Waals surface area (Å²) < 4.78 is 17.4. The Morgan fingerprint density at radius 2 is 0.897 bits per heavy atom. The van der Waals surface area contributed by atoms with E-state index in [4.69, 9.17) is 0 Å². The Morgan fingerprint density at radius 3 is 1.04 bits per heavy atom. The Labute approximate surface area is 408 Å². The van der Waals surface area contributed by atoms with Crippen LogP contribution in [0.4, 0.5) is 0 Å². The fourth-order valence-corrected chi connectivity index (χ4v) is 4.24. The summed E-state index contributed by atoms with van der Waals surface area (Å²) in [5, 5.41) is 28.0. The molecule has 13 heterocycles. The van der Waals surface area contributed by atoms with Crippen molar-refractivity contribution in [1.82, 2.24) is 75.6 Å². The number of aliphatic imine (C=N–C) groups is 1. The molecule has 0 fully saturated rings. The zero-order valence-corrected chi connectivity index (χ0v) is 39.3. The monoisotopic (exact) mass is 990 g/mol. The lowest BCUT2D eigenvalue weighted by atomic mass is 10.5. The number of H-pyrrole nitrogens is 1. The quantitative estimate of drug-likeness (QED) is 0.148. The van der Waals surface area contributed by atoms with E-state index in [1.165, 1.54) is 49.6 Å². The van der Waals surface area contributed by atoms with E-state index in [9.17, 15) is 0 Å². The normalized spacial score (nSPS) is 8.71. The molecule has 0 unspecified atom stereocenters. The molecule has 0 spiro atoms. The minimum atomic E-state index is 0.889. The molecule has 12 aromatic heterocycles. The highest BCUT2D eigenvalue weighted by Crippen LogP contribution is 1.91. The van der Waals surface area contributed by atoms with Crippen molar-refractivity contribution in [3.05, 3.63) is 254 Å². The average Bonchev–Trinajstić information content (AvgIpc) is 4.29. The Kier molecular flexibility index (Phi) is 45.9. The van der Waals surface area contributed by atoms with E-state index in [0.29, 0.717) is 0 Å². The topological polar surface area (TPSA) is 261 Å². The van der Waals surface area contributed by atoms with E-state index in [1.54, 1.807) is 137 Å². The van der Waals surface area contributed by atoms with Crippen LogP contribution in [0.2, 0.25) is 0 Å². The second kappa shape index (κ2) is 54.4. The second-order valence-electron chi connectivity index (χ2n) is 10.0. The summed E-state index contributed by atoms with van der Waals surface area (Å²) in [6.45, 7) is 0.889. The van der Waals surface area contributed by atoms with Gasteiger partial charge in [0.15, 0.2) is 12.7 Å². The summed E-state index contributed by atoms with van der Waals surface area (Å²) in [5.41, 5.74) is 6.94. The van der Waals surface area contributed by atoms with Gasteiger partial charge < -0.3 is 22.9 Å².